The fourth-order valence-electron chi connectivity index (χ4n) is 6.18. The van der Waals surface area contributed by atoms with Crippen LogP contribution in [0, 0.1) is 13.8 Å². The highest BCUT2D eigenvalue weighted by molar-refractivity contribution is 7.36. The van der Waals surface area contributed by atoms with E-state index in [2.05, 4.69) is 147 Å². The predicted molar refractivity (Wildman–Crippen MR) is 186 cm³/mol. The molecule has 8 rings (SSSR count). The summed E-state index contributed by atoms with van der Waals surface area (Å²) in [6, 6.07) is 49.0. The number of rotatable bonds is 4. The molecule has 0 nitrogen and oxygen atoms in total. The van der Waals surface area contributed by atoms with Crippen molar-refractivity contribution in [2.75, 3.05) is 0 Å². The average molecular weight is 573 g/mol. The zero-order chi connectivity index (χ0) is 28.2. The first-order valence-corrected chi connectivity index (χ1v) is 16.0. The van der Waals surface area contributed by atoms with Crippen LogP contribution >= 0.6 is 22.7 Å². The maximum absolute atomic E-state index is 2.38. The lowest BCUT2D eigenvalue weighted by Crippen LogP contribution is -1.85. The smallest absolute Gasteiger partial charge is 0.0542 e. The van der Waals surface area contributed by atoms with Crippen molar-refractivity contribution in [3.8, 4) is 44.5 Å². The molecule has 2 aromatic heterocycles. The fraction of sp³-hybridized carbons (Fsp3) is 0.0500. The van der Waals surface area contributed by atoms with Gasteiger partial charge in [0, 0.05) is 20.2 Å². The molecule has 0 N–H and O–H groups in total. The van der Waals surface area contributed by atoms with Crippen LogP contribution in [0.3, 0.4) is 0 Å². The zero-order valence-electron chi connectivity index (χ0n) is 23.5. The van der Waals surface area contributed by atoms with E-state index in [-0.39, 0.29) is 0 Å². The van der Waals surface area contributed by atoms with Crippen LogP contribution in [-0.4, -0.2) is 0 Å². The van der Waals surface area contributed by atoms with Crippen molar-refractivity contribution in [2.45, 2.75) is 13.8 Å². The summed E-state index contributed by atoms with van der Waals surface area (Å²) in [4.78, 5) is 0. The summed E-state index contributed by atoms with van der Waals surface area (Å²) in [6.07, 6.45) is 0. The highest BCUT2D eigenvalue weighted by Gasteiger charge is 2.15. The Balaban J connectivity index is 1.14. The Kier molecular flexibility index (Phi) is 6.06. The van der Waals surface area contributed by atoms with Crippen molar-refractivity contribution in [3.05, 3.63) is 145 Å². The van der Waals surface area contributed by atoms with Crippen LogP contribution in [0.4, 0.5) is 0 Å². The Morgan fingerprint density at radius 2 is 0.738 bits per heavy atom. The van der Waals surface area contributed by atoms with Gasteiger partial charge in [-0.2, -0.15) is 0 Å². The third-order valence-electron chi connectivity index (χ3n) is 8.37. The van der Waals surface area contributed by atoms with E-state index in [1.165, 1.54) is 85.2 Å². The first-order chi connectivity index (χ1) is 20.6. The van der Waals surface area contributed by atoms with E-state index >= 15 is 0 Å². The molecule has 0 saturated heterocycles. The van der Waals surface area contributed by atoms with Crippen molar-refractivity contribution >= 4 is 52.2 Å². The molecule has 2 heterocycles. The fourth-order valence-corrected chi connectivity index (χ4v) is 8.92. The van der Waals surface area contributed by atoms with Crippen molar-refractivity contribution in [3.63, 3.8) is 0 Å². The standard InChI is InChI=1S/C40H28S2/c1-25-21-29(13-17-33(25)27-9-5-3-6-10-27)31-15-19-35-37(23-31)41-40-36-20-16-32(24-38(36)42-39(35)40)30-14-18-34(26(2)22-30)28-11-7-4-8-12-28/h3-24H,1-2H3. The van der Waals surface area contributed by atoms with Gasteiger partial charge in [-0.15, -0.1) is 22.7 Å². The Labute approximate surface area is 254 Å². The van der Waals surface area contributed by atoms with Gasteiger partial charge in [0.2, 0.25) is 0 Å². The molecule has 0 aliphatic rings. The molecule has 0 saturated carbocycles. The number of fused-ring (bicyclic) bond motifs is 5. The Morgan fingerprint density at radius 1 is 0.357 bits per heavy atom. The molecule has 0 radical (unpaired) electrons. The highest BCUT2D eigenvalue weighted by atomic mass is 32.1. The second-order valence-electron chi connectivity index (χ2n) is 11.1. The van der Waals surface area contributed by atoms with Crippen molar-refractivity contribution < 1.29 is 0 Å². The number of hydrogen-bond donors (Lipinski definition) is 0. The molecule has 0 spiro atoms. The SMILES string of the molecule is Cc1cc(-c2ccc3c(c2)sc2c4ccc(-c5ccc(-c6ccccc6)c(C)c5)cc4sc32)ccc1-c1ccccc1. The minimum Gasteiger partial charge on any atom is -0.134 e. The highest BCUT2D eigenvalue weighted by Crippen LogP contribution is 2.46. The van der Waals surface area contributed by atoms with Crippen molar-refractivity contribution in [1.82, 2.24) is 0 Å². The first-order valence-electron chi connectivity index (χ1n) is 14.3. The van der Waals surface area contributed by atoms with Crippen LogP contribution in [-0.2, 0) is 0 Å². The summed E-state index contributed by atoms with van der Waals surface area (Å²) >= 11 is 3.85. The van der Waals surface area contributed by atoms with Gasteiger partial charge >= 0.3 is 0 Å². The molecule has 0 unspecified atom stereocenters. The lowest BCUT2D eigenvalue weighted by molar-refractivity contribution is 1.45. The lowest BCUT2D eigenvalue weighted by atomic mass is 9.95. The minimum atomic E-state index is 1.27. The van der Waals surface area contributed by atoms with Crippen LogP contribution in [0.1, 0.15) is 11.1 Å². The molecule has 2 heteroatoms. The quantitative estimate of drug-likeness (QED) is 0.197. The molecule has 6 aromatic carbocycles. The number of aryl methyl sites for hydroxylation is 2. The molecule has 200 valence electrons. The van der Waals surface area contributed by atoms with Gasteiger partial charge in [0.1, 0.15) is 0 Å². The second kappa shape index (κ2) is 10.1. The number of benzene rings is 6. The molecule has 8 aromatic rings. The Hall–Kier alpha value is -4.50. The maximum atomic E-state index is 2.38. The van der Waals surface area contributed by atoms with Crippen LogP contribution in [0.15, 0.2) is 133 Å². The number of thiophene rings is 2. The first kappa shape index (κ1) is 25.2. The molecule has 0 aliphatic heterocycles. The molecule has 0 fully saturated rings. The summed E-state index contributed by atoms with van der Waals surface area (Å²) in [5, 5.41) is 2.73. The second-order valence-corrected chi connectivity index (χ2v) is 13.2. The van der Waals surface area contributed by atoms with E-state index in [1.807, 2.05) is 22.7 Å². The van der Waals surface area contributed by atoms with Gasteiger partial charge in [-0.05, 0) is 81.6 Å². The maximum Gasteiger partial charge on any atom is 0.0542 e. The summed E-state index contributed by atoms with van der Waals surface area (Å²) in [5.41, 5.74) is 12.8. The van der Waals surface area contributed by atoms with Crippen LogP contribution in [0.25, 0.3) is 74.1 Å². The molecule has 0 atom stereocenters. The van der Waals surface area contributed by atoms with Crippen molar-refractivity contribution in [1.29, 1.82) is 0 Å². The Bertz CT molecular complexity index is 2090. The van der Waals surface area contributed by atoms with Gasteiger partial charge in [-0.3, -0.25) is 0 Å². The predicted octanol–water partition coefficient (Wildman–Crippen LogP) is 12.6. The van der Waals surface area contributed by atoms with Gasteiger partial charge in [-0.1, -0.05) is 121 Å². The van der Waals surface area contributed by atoms with Gasteiger partial charge in [0.25, 0.3) is 0 Å². The van der Waals surface area contributed by atoms with E-state index in [9.17, 15) is 0 Å². The third kappa shape index (κ3) is 4.27. The molecule has 42 heavy (non-hydrogen) atoms. The minimum absolute atomic E-state index is 1.27. The summed E-state index contributed by atoms with van der Waals surface area (Å²) < 4.78 is 5.52. The van der Waals surface area contributed by atoms with Crippen LogP contribution in [0.5, 0.6) is 0 Å². The summed E-state index contributed by atoms with van der Waals surface area (Å²) in [6.45, 7) is 4.43. The summed E-state index contributed by atoms with van der Waals surface area (Å²) in [7, 11) is 0. The lowest BCUT2D eigenvalue weighted by Gasteiger charge is -2.10. The van der Waals surface area contributed by atoms with E-state index in [4.69, 9.17) is 0 Å². The molecule has 0 amide bonds. The van der Waals surface area contributed by atoms with Crippen LogP contribution < -0.4 is 0 Å². The van der Waals surface area contributed by atoms with Gasteiger partial charge in [0.05, 0.1) is 9.40 Å². The molecular formula is C40H28S2. The molecule has 0 aliphatic carbocycles. The van der Waals surface area contributed by atoms with E-state index in [0.29, 0.717) is 0 Å². The van der Waals surface area contributed by atoms with E-state index in [0.717, 1.165) is 0 Å². The van der Waals surface area contributed by atoms with Crippen LogP contribution in [0.2, 0.25) is 0 Å². The average Bonchev–Trinajstić information content (AvgIpc) is 3.57. The monoisotopic (exact) mass is 572 g/mol. The van der Waals surface area contributed by atoms with Gasteiger partial charge in [-0.25, -0.2) is 0 Å². The molecule has 0 bridgehead atoms. The topological polar surface area (TPSA) is 0 Å². The van der Waals surface area contributed by atoms with Crippen molar-refractivity contribution in [2.24, 2.45) is 0 Å². The largest absolute Gasteiger partial charge is 0.134 e. The van der Waals surface area contributed by atoms with E-state index < -0.39 is 0 Å². The van der Waals surface area contributed by atoms with Gasteiger partial charge in [0.15, 0.2) is 0 Å². The summed E-state index contributed by atoms with van der Waals surface area (Å²) in [5.74, 6) is 0. The van der Waals surface area contributed by atoms with Gasteiger partial charge < -0.3 is 0 Å². The molecular weight excluding hydrogens is 545 g/mol. The number of hydrogen-bond acceptors (Lipinski definition) is 2. The zero-order valence-corrected chi connectivity index (χ0v) is 25.2. The Morgan fingerprint density at radius 3 is 1.14 bits per heavy atom. The normalized spacial score (nSPS) is 11.6. The third-order valence-corrected chi connectivity index (χ3v) is 10.9. The van der Waals surface area contributed by atoms with E-state index in [1.54, 1.807) is 0 Å².